The van der Waals surface area contributed by atoms with E-state index in [4.69, 9.17) is 0 Å². The van der Waals surface area contributed by atoms with E-state index in [-0.39, 0.29) is 0 Å². The molecule has 0 bridgehead atoms. The summed E-state index contributed by atoms with van der Waals surface area (Å²) >= 11 is 0. The minimum absolute atomic E-state index is 0.543. The van der Waals surface area contributed by atoms with Crippen LogP contribution in [-0.2, 0) is 0 Å². The average Bonchev–Trinajstić information content (AvgIpc) is 1.97. The fourth-order valence-electron chi connectivity index (χ4n) is 1.14. The van der Waals surface area contributed by atoms with E-state index >= 15 is 0 Å². The maximum Gasteiger partial charge on any atom is 0.101 e. The first kappa shape index (κ1) is 6.79. The van der Waals surface area contributed by atoms with Gasteiger partial charge in [0.15, 0.2) is 0 Å². The summed E-state index contributed by atoms with van der Waals surface area (Å²) in [5.74, 6) is 0. The highest BCUT2D eigenvalue weighted by molar-refractivity contribution is 5.00. The van der Waals surface area contributed by atoms with Gasteiger partial charge < -0.3 is 0 Å². The maximum absolute atomic E-state index is 12.6. The summed E-state index contributed by atoms with van der Waals surface area (Å²) in [5.41, 5.74) is 1.36. The zero-order valence-electron chi connectivity index (χ0n) is 5.86. The van der Waals surface area contributed by atoms with Gasteiger partial charge in [-0.25, -0.2) is 4.39 Å². The van der Waals surface area contributed by atoms with E-state index in [0.717, 1.165) is 25.7 Å². The minimum Gasteiger partial charge on any atom is -0.247 e. The van der Waals surface area contributed by atoms with Crippen LogP contribution in [0.4, 0.5) is 4.39 Å². The average molecular weight is 128 g/mol. The van der Waals surface area contributed by atoms with Gasteiger partial charge in [-0.05, 0) is 32.6 Å². The van der Waals surface area contributed by atoms with Gasteiger partial charge in [-0.3, -0.25) is 0 Å². The predicted molar refractivity (Wildman–Crippen MR) is 37.1 cm³/mol. The van der Waals surface area contributed by atoms with Crippen LogP contribution >= 0.6 is 0 Å². The highest BCUT2D eigenvalue weighted by Gasteiger charge is 2.08. The van der Waals surface area contributed by atoms with Crippen LogP contribution in [0.5, 0.6) is 0 Å². The number of rotatable bonds is 0. The van der Waals surface area contributed by atoms with Crippen molar-refractivity contribution in [3.63, 3.8) is 0 Å². The molecule has 0 radical (unpaired) electrons. The normalized spacial score (nSPS) is 29.1. The second-order valence-corrected chi connectivity index (χ2v) is 2.76. The Morgan fingerprint density at radius 2 is 2.33 bits per heavy atom. The highest BCUT2D eigenvalue weighted by Crippen LogP contribution is 2.18. The number of alkyl halides is 1. The van der Waals surface area contributed by atoms with Gasteiger partial charge in [0.1, 0.15) is 6.17 Å². The highest BCUT2D eigenvalue weighted by atomic mass is 19.1. The van der Waals surface area contributed by atoms with E-state index in [0.29, 0.717) is 0 Å². The molecule has 0 aliphatic heterocycles. The monoisotopic (exact) mass is 128 g/mol. The molecule has 9 heavy (non-hydrogen) atoms. The third kappa shape index (κ3) is 2.17. The van der Waals surface area contributed by atoms with Crippen LogP contribution < -0.4 is 0 Å². The third-order valence-electron chi connectivity index (χ3n) is 1.82. The molecule has 1 aliphatic carbocycles. The Balaban J connectivity index is 2.39. The Hall–Kier alpha value is -0.330. The van der Waals surface area contributed by atoms with Gasteiger partial charge in [0.25, 0.3) is 0 Å². The molecule has 0 fully saturated rings. The van der Waals surface area contributed by atoms with E-state index in [1.165, 1.54) is 5.57 Å². The maximum atomic E-state index is 12.6. The molecule has 1 aliphatic rings. The largest absolute Gasteiger partial charge is 0.247 e. The second kappa shape index (κ2) is 3.00. The molecule has 0 aromatic carbocycles. The van der Waals surface area contributed by atoms with Gasteiger partial charge in [0, 0.05) is 0 Å². The number of halogens is 1. The summed E-state index contributed by atoms with van der Waals surface area (Å²) in [4.78, 5) is 0. The van der Waals surface area contributed by atoms with Crippen molar-refractivity contribution in [1.82, 2.24) is 0 Å². The van der Waals surface area contributed by atoms with Crippen LogP contribution in [0, 0.1) is 0 Å². The standard InChI is InChI=1S/C8H13F/c1-7-3-2-4-8(9)6-5-7/h3,8H,2,4-6H2,1H3. The summed E-state index contributed by atoms with van der Waals surface area (Å²) in [6, 6.07) is 0. The Morgan fingerprint density at radius 1 is 1.56 bits per heavy atom. The van der Waals surface area contributed by atoms with E-state index in [9.17, 15) is 4.39 Å². The van der Waals surface area contributed by atoms with Crippen LogP contribution in [0.25, 0.3) is 0 Å². The lowest BCUT2D eigenvalue weighted by atomic mass is 10.1. The first-order valence-electron chi connectivity index (χ1n) is 3.59. The quantitative estimate of drug-likeness (QED) is 0.440. The molecule has 0 heterocycles. The summed E-state index contributed by atoms with van der Waals surface area (Å²) in [5, 5.41) is 0. The van der Waals surface area contributed by atoms with Crippen LogP contribution in [0.3, 0.4) is 0 Å². The van der Waals surface area contributed by atoms with Crippen molar-refractivity contribution in [2.75, 3.05) is 0 Å². The van der Waals surface area contributed by atoms with Crippen molar-refractivity contribution >= 4 is 0 Å². The number of allylic oxidation sites excluding steroid dienone is 2. The molecule has 1 atom stereocenters. The van der Waals surface area contributed by atoms with Crippen molar-refractivity contribution in [3.05, 3.63) is 11.6 Å². The van der Waals surface area contributed by atoms with E-state index in [1.807, 2.05) is 0 Å². The van der Waals surface area contributed by atoms with E-state index in [1.54, 1.807) is 0 Å². The SMILES string of the molecule is CC1=CCCC(F)CC1. The Morgan fingerprint density at radius 3 is 3.11 bits per heavy atom. The molecule has 1 heteroatoms. The molecule has 0 amide bonds. The second-order valence-electron chi connectivity index (χ2n) is 2.76. The Kier molecular flexibility index (Phi) is 2.26. The molecule has 0 aromatic heterocycles. The molecular weight excluding hydrogens is 115 g/mol. The van der Waals surface area contributed by atoms with Gasteiger partial charge in [-0.2, -0.15) is 0 Å². The van der Waals surface area contributed by atoms with Crippen molar-refractivity contribution in [3.8, 4) is 0 Å². The van der Waals surface area contributed by atoms with Gasteiger partial charge in [0.05, 0.1) is 0 Å². The molecular formula is C8H13F. The third-order valence-corrected chi connectivity index (χ3v) is 1.82. The van der Waals surface area contributed by atoms with Crippen LogP contribution in [-0.4, -0.2) is 6.17 Å². The van der Waals surface area contributed by atoms with E-state index in [2.05, 4.69) is 13.0 Å². The molecule has 52 valence electrons. The first-order chi connectivity index (χ1) is 4.29. The smallest absolute Gasteiger partial charge is 0.101 e. The van der Waals surface area contributed by atoms with Crippen molar-refractivity contribution in [2.45, 2.75) is 38.8 Å². The van der Waals surface area contributed by atoms with Crippen LogP contribution in [0.15, 0.2) is 11.6 Å². The lowest BCUT2D eigenvalue weighted by Crippen LogP contribution is -1.95. The van der Waals surface area contributed by atoms with Crippen LogP contribution in [0.2, 0.25) is 0 Å². The van der Waals surface area contributed by atoms with Crippen molar-refractivity contribution < 1.29 is 4.39 Å². The van der Waals surface area contributed by atoms with Crippen molar-refractivity contribution in [1.29, 1.82) is 0 Å². The van der Waals surface area contributed by atoms with E-state index < -0.39 is 6.17 Å². The molecule has 0 saturated heterocycles. The molecule has 0 nitrogen and oxygen atoms in total. The van der Waals surface area contributed by atoms with Gasteiger partial charge >= 0.3 is 0 Å². The van der Waals surface area contributed by atoms with Gasteiger partial charge in [0.2, 0.25) is 0 Å². The topological polar surface area (TPSA) is 0 Å². The Labute approximate surface area is 55.8 Å². The zero-order chi connectivity index (χ0) is 6.69. The first-order valence-corrected chi connectivity index (χ1v) is 3.59. The molecule has 0 N–H and O–H groups in total. The summed E-state index contributed by atoms with van der Waals surface area (Å²) in [6.07, 6.45) is 4.98. The lowest BCUT2D eigenvalue weighted by molar-refractivity contribution is 0.303. The fourth-order valence-corrected chi connectivity index (χ4v) is 1.14. The lowest BCUT2D eigenvalue weighted by Gasteiger charge is -2.00. The predicted octanol–water partition coefficient (Wildman–Crippen LogP) is 2.84. The number of hydrogen-bond acceptors (Lipinski definition) is 0. The molecule has 0 aromatic rings. The summed E-state index contributed by atoms with van der Waals surface area (Å²) < 4.78 is 12.6. The molecule has 1 rings (SSSR count). The molecule has 0 spiro atoms. The molecule has 0 saturated carbocycles. The summed E-state index contributed by atoms with van der Waals surface area (Å²) in [6.45, 7) is 2.08. The van der Waals surface area contributed by atoms with Gasteiger partial charge in [-0.1, -0.05) is 11.6 Å². The Bertz CT molecular complexity index is 116. The molecule has 1 unspecified atom stereocenters. The van der Waals surface area contributed by atoms with Gasteiger partial charge in [-0.15, -0.1) is 0 Å². The van der Waals surface area contributed by atoms with Crippen molar-refractivity contribution in [2.24, 2.45) is 0 Å². The fraction of sp³-hybridized carbons (Fsp3) is 0.750. The van der Waals surface area contributed by atoms with Crippen LogP contribution in [0.1, 0.15) is 32.6 Å². The summed E-state index contributed by atoms with van der Waals surface area (Å²) in [7, 11) is 0. The zero-order valence-corrected chi connectivity index (χ0v) is 5.86. The number of hydrogen-bond donors (Lipinski definition) is 0. The minimum atomic E-state index is -0.543.